The van der Waals surface area contributed by atoms with E-state index in [0.717, 1.165) is 28.6 Å². The van der Waals surface area contributed by atoms with Crippen LogP contribution in [0.15, 0.2) is 29.2 Å². The molecule has 1 aromatic rings. The van der Waals surface area contributed by atoms with Crippen molar-refractivity contribution in [3.63, 3.8) is 0 Å². The maximum Gasteiger partial charge on any atom is 0.326 e. The van der Waals surface area contributed by atoms with Crippen LogP contribution < -0.4 is 4.74 Å². The zero-order valence-corrected chi connectivity index (χ0v) is 16.2. The van der Waals surface area contributed by atoms with Crippen LogP contribution in [0.5, 0.6) is 5.75 Å². The lowest BCUT2D eigenvalue weighted by atomic mass is 10.0. The number of methoxy groups -OCH3 is 1. The van der Waals surface area contributed by atoms with Gasteiger partial charge in [-0.25, -0.2) is 4.79 Å². The average Bonchev–Trinajstić information content (AvgIpc) is 2.86. The molecule has 0 radical (unpaired) electrons. The van der Waals surface area contributed by atoms with Crippen LogP contribution in [0.2, 0.25) is 0 Å². The van der Waals surface area contributed by atoms with Crippen molar-refractivity contribution in [1.82, 2.24) is 4.90 Å². The van der Waals surface area contributed by atoms with Crippen LogP contribution >= 0.6 is 24.0 Å². The number of carboxylic acids is 1. The van der Waals surface area contributed by atoms with E-state index in [1.165, 1.54) is 4.90 Å². The SMILES string of the molecule is COc1ccc(/C(C)=C2\SC(=S)N(C(CC(C)C)C(=O)O)C2=O)cc1. The van der Waals surface area contributed by atoms with Crippen LogP contribution in [0.4, 0.5) is 0 Å². The van der Waals surface area contributed by atoms with Gasteiger partial charge in [-0.2, -0.15) is 0 Å². The third-order valence-electron chi connectivity index (χ3n) is 3.95. The summed E-state index contributed by atoms with van der Waals surface area (Å²) >= 11 is 6.46. The number of carboxylic acid groups (broad SMARTS) is 1. The molecule has 1 aliphatic rings. The van der Waals surface area contributed by atoms with Gasteiger partial charge in [-0.1, -0.05) is 50.0 Å². The Kier molecular flexibility index (Phi) is 6.24. The molecule has 0 bridgehead atoms. The number of carbonyl (C=O) groups excluding carboxylic acids is 1. The zero-order valence-electron chi connectivity index (χ0n) is 14.6. The molecule has 1 N–H and O–H groups in total. The first kappa shape index (κ1) is 19.5. The molecule has 25 heavy (non-hydrogen) atoms. The lowest BCUT2D eigenvalue weighted by molar-refractivity contribution is -0.145. The van der Waals surface area contributed by atoms with Gasteiger partial charge in [-0.05, 0) is 42.5 Å². The van der Waals surface area contributed by atoms with E-state index in [1.54, 1.807) is 7.11 Å². The first-order valence-corrected chi connectivity index (χ1v) is 9.12. The van der Waals surface area contributed by atoms with Crippen LogP contribution in [0.1, 0.15) is 32.8 Å². The number of hydrogen-bond donors (Lipinski definition) is 1. The number of nitrogens with zero attached hydrogens (tertiary/aromatic N) is 1. The van der Waals surface area contributed by atoms with Crippen molar-refractivity contribution in [1.29, 1.82) is 0 Å². The molecular weight excluding hydrogens is 358 g/mol. The fourth-order valence-corrected chi connectivity index (χ4v) is 4.01. The second-order valence-electron chi connectivity index (χ2n) is 6.21. The fourth-order valence-electron chi connectivity index (χ4n) is 2.61. The molecule has 0 aliphatic carbocycles. The summed E-state index contributed by atoms with van der Waals surface area (Å²) in [6.07, 6.45) is 0.358. The minimum absolute atomic E-state index is 0.136. The Morgan fingerprint density at radius 2 is 1.92 bits per heavy atom. The van der Waals surface area contributed by atoms with Crippen molar-refractivity contribution < 1.29 is 19.4 Å². The molecule has 0 saturated carbocycles. The molecule has 1 saturated heterocycles. The summed E-state index contributed by atoms with van der Waals surface area (Å²) in [6.45, 7) is 5.68. The van der Waals surface area contributed by atoms with Gasteiger partial charge in [-0.3, -0.25) is 9.69 Å². The number of allylic oxidation sites excluding steroid dienone is 1. The van der Waals surface area contributed by atoms with Gasteiger partial charge in [0.05, 0.1) is 12.0 Å². The molecule has 1 aliphatic heterocycles. The predicted octanol–water partition coefficient (Wildman–Crippen LogP) is 3.79. The molecule has 134 valence electrons. The highest BCUT2D eigenvalue weighted by molar-refractivity contribution is 8.26. The Bertz CT molecular complexity index is 725. The van der Waals surface area contributed by atoms with E-state index in [-0.39, 0.29) is 11.8 Å². The number of rotatable bonds is 6. The van der Waals surface area contributed by atoms with Crippen molar-refractivity contribution >= 4 is 45.7 Å². The zero-order chi connectivity index (χ0) is 18.7. The first-order valence-electron chi connectivity index (χ1n) is 7.89. The Labute approximate surface area is 157 Å². The van der Waals surface area contributed by atoms with Gasteiger partial charge in [0.15, 0.2) is 0 Å². The number of carbonyl (C=O) groups is 2. The summed E-state index contributed by atoms with van der Waals surface area (Å²) < 4.78 is 5.43. The lowest BCUT2D eigenvalue weighted by Gasteiger charge is -2.24. The lowest BCUT2D eigenvalue weighted by Crippen LogP contribution is -2.44. The third kappa shape index (κ3) is 4.22. The quantitative estimate of drug-likeness (QED) is 0.599. The molecule has 0 spiro atoms. The number of benzene rings is 1. The minimum Gasteiger partial charge on any atom is -0.497 e. The van der Waals surface area contributed by atoms with Gasteiger partial charge >= 0.3 is 5.97 Å². The number of aliphatic carboxylic acids is 1. The second kappa shape index (κ2) is 8.01. The third-order valence-corrected chi connectivity index (χ3v) is 5.46. The highest BCUT2D eigenvalue weighted by Gasteiger charge is 2.41. The maximum absolute atomic E-state index is 12.9. The molecule has 1 amide bonds. The number of amides is 1. The van der Waals surface area contributed by atoms with Gasteiger partial charge in [0.2, 0.25) is 0 Å². The number of hydrogen-bond acceptors (Lipinski definition) is 5. The summed E-state index contributed by atoms with van der Waals surface area (Å²) in [7, 11) is 1.59. The van der Waals surface area contributed by atoms with Gasteiger partial charge in [0.25, 0.3) is 5.91 Å². The number of ether oxygens (including phenoxy) is 1. The van der Waals surface area contributed by atoms with E-state index >= 15 is 0 Å². The molecule has 2 rings (SSSR count). The molecule has 1 unspecified atom stereocenters. The number of thioether (sulfide) groups is 1. The second-order valence-corrected chi connectivity index (χ2v) is 7.85. The molecule has 1 heterocycles. The molecule has 7 heteroatoms. The van der Waals surface area contributed by atoms with Crippen LogP contribution in [0, 0.1) is 5.92 Å². The average molecular weight is 380 g/mol. The normalized spacial score (nSPS) is 17.9. The molecule has 1 atom stereocenters. The van der Waals surface area contributed by atoms with E-state index < -0.39 is 12.0 Å². The summed E-state index contributed by atoms with van der Waals surface area (Å²) in [5.41, 5.74) is 1.65. The largest absolute Gasteiger partial charge is 0.497 e. The highest BCUT2D eigenvalue weighted by Crippen LogP contribution is 2.38. The van der Waals surface area contributed by atoms with Gasteiger partial charge in [0, 0.05) is 0 Å². The Balaban J connectivity index is 2.36. The van der Waals surface area contributed by atoms with Crippen LogP contribution in [-0.4, -0.2) is 39.4 Å². The fraction of sp³-hybridized carbons (Fsp3) is 0.389. The van der Waals surface area contributed by atoms with Crippen LogP contribution in [0.3, 0.4) is 0 Å². The van der Waals surface area contributed by atoms with Crippen molar-refractivity contribution in [2.45, 2.75) is 33.2 Å². The van der Waals surface area contributed by atoms with Crippen LogP contribution in [0.25, 0.3) is 5.57 Å². The smallest absolute Gasteiger partial charge is 0.326 e. The highest BCUT2D eigenvalue weighted by atomic mass is 32.2. The van der Waals surface area contributed by atoms with E-state index in [0.29, 0.717) is 15.6 Å². The van der Waals surface area contributed by atoms with E-state index in [9.17, 15) is 14.7 Å². The summed E-state index contributed by atoms with van der Waals surface area (Å²) in [6, 6.07) is 6.43. The van der Waals surface area contributed by atoms with E-state index in [4.69, 9.17) is 17.0 Å². The Hall–Kier alpha value is -1.86. The first-order chi connectivity index (χ1) is 11.8. The number of thiocarbonyl (C=S) groups is 1. The molecular formula is C18H21NO4S2. The summed E-state index contributed by atoms with van der Waals surface area (Å²) in [4.78, 5) is 26.2. The Morgan fingerprint density at radius 1 is 1.32 bits per heavy atom. The Morgan fingerprint density at radius 3 is 2.40 bits per heavy atom. The van der Waals surface area contributed by atoms with Gasteiger partial charge in [-0.15, -0.1) is 0 Å². The molecule has 0 aromatic heterocycles. The van der Waals surface area contributed by atoms with E-state index in [1.807, 2.05) is 45.0 Å². The molecule has 1 aromatic carbocycles. The van der Waals surface area contributed by atoms with Crippen molar-refractivity contribution in [2.75, 3.05) is 7.11 Å². The minimum atomic E-state index is -1.03. The van der Waals surface area contributed by atoms with Gasteiger partial charge < -0.3 is 9.84 Å². The van der Waals surface area contributed by atoms with Crippen molar-refractivity contribution in [2.24, 2.45) is 5.92 Å². The molecule has 5 nitrogen and oxygen atoms in total. The maximum atomic E-state index is 12.9. The van der Waals surface area contributed by atoms with Crippen LogP contribution in [-0.2, 0) is 9.59 Å². The standard InChI is InChI=1S/C18H21NO4S2/c1-10(2)9-14(17(21)22)19-16(20)15(25-18(19)24)11(3)12-5-7-13(23-4)8-6-12/h5-8,10,14H,9H2,1-4H3,(H,21,22)/b15-11-. The summed E-state index contributed by atoms with van der Waals surface area (Å²) in [5.74, 6) is -0.505. The van der Waals surface area contributed by atoms with Crippen molar-refractivity contribution in [3.8, 4) is 5.75 Å². The monoisotopic (exact) mass is 379 g/mol. The van der Waals surface area contributed by atoms with Gasteiger partial charge in [0.1, 0.15) is 16.1 Å². The molecule has 1 fully saturated rings. The van der Waals surface area contributed by atoms with Crippen molar-refractivity contribution in [3.05, 3.63) is 34.7 Å². The summed E-state index contributed by atoms with van der Waals surface area (Å²) in [5, 5.41) is 9.52. The topological polar surface area (TPSA) is 66.8 Å². The van der Waals surface area contributed by atoms with E-state index in [2.05, 4.69) is 0 Å². The predicted molar refractivity (Wildman–Crippen MR) is 104 cm³/mol.